The maximum Gasteiger partial charge on any atom is -0.0205 e. The molecule has 130 valence electrons. The summed E-state index contributed by atoms with van der Waals surface area (Å²) < 4.78 is 0. The molecular weight excluding hydrogens is 264 g/mol. The van der Waals surface area contributed by atoms with Gasteiger partial charge >= 0.3 is 0 Å². The fraction of sp³-hybridized carbons (Fsp3) is 0.909. The molecule has 0 bridgehead atoms. The third-order valence-electron chi connectivity index (χ3n) is 5.50. The molecule has 1 aliphatic carbocycles. The fourth-order valence-electron chi connectivity index (χ4n) is 4.00. The first-order valence-electron chi connectivity index (χ1n) is 10.5. The molecule has 22 heavy (non-hydrogen) atoms. The van der Waals surface area contributed by atoms with E-state index < -0.39 is 0 Å². The molecule has 1 saturated carbocycles. The summed E-state index contributed by atoms with van der Waals surface area (Å²) in [6.45, 7) is 4.60. The lowest BCUT2D eigenvalue weighted by atomic mass is 9.90. The number of rotatable bonds is 14. The van der Waals surface area contributed by atoms with Crippen LogP contribution in [0.2, 0.25) is 0 Å². The summed E-state index contributed by atoms with van der Waals surface area (Å²) in [5.41, 5.74) is 0. The van der Waals surface area contributed by atoms with Crippen LogP contribution < -0.4 is 0 Å². The molecule has 0 unspecified atom stereocenters. The maximum atomic E-state index is 2.59. The van der Waals surface area contributed by atoms with Gasteiger partial charge in [0.25, 0.3) is 0 Å². The summed E-state index contributed by atoms with van der Waals surface area (Å²) >= 11 is 0. The Morgan fingerprint density at radius 1 is 0.727 bits per heavy atom. The molecule has 0 aromatic heterocycles. The Morgan fingerprint density at radius 3 is 2.09 bits per heavy atom. The predicted octanol–water partition coefficient (Wildman–Crippen LogP) is 8.07. The van der Waals surface area contributed by atoms with Gasteiger partial charge in [-0.05, 0) is 43.9 Å². The third kappa shape index (κ3) is 9.70. The molecule has 0 nitrogen and oxygen atoms in total. The summed E-state index contributed by atoms with van der Waals surface area (Å²) in [6, 6.07) is 0. The van der Waals surface area contributed by atoms with E-state index in [0.717, 1.165) is 11.8 Å². The maximum absolute atomic E-state index is 2.59. The van der Waals surface area contributed by atoms with Gasteiger partial charge in [0, 0.05) is 0 Å². The Kier molecular flexibility index (Phi) is 12.9. The molecule has 0 aromatic carbocycles. The normalized spacial score (nSPS) is 21.9. The van der Waals surface area contributed by atoms with Gasteiger partial charge in [-0.2, -0.15) is 0 Å². The topological polar surface area (TPSA) is 0 Å². The van der Waals surface area contributed by atoms with Crippen LogP contribution in [-0.4, -0.2) is 0 Å². The van der Waals surface area contributed by atoms with Gasteiger partial charge in [-0.25, -0.2) is 0 Å². The molecule has 0 radical (unpaired) electrons. The van der Waals surface area contributed by atoms with Crippen LogP contribution in [0, 0.1) is 11.8 Å². The second-order valence-corrected chi connectivity index (χ2v) is 7.54. The van der Waals surface area contributed by atoms with Crippen LogP contribution >= 0.6 is 0 Å². The van der Waals surface area contributed by atoms with Crippen molar-refractivity contribution in [3.8, 4) is 0 Å². The largest absolute Gasteiger partial charge is 0.0882 e. The first-order valence-corrected chi connectivity index (χ1v) is 10.5. The average molecular weight is 307 g/mol. The quantitative estimate of drug-likeness (QED) is 0.225. The SMILES string of the molecule is CCCCCCCCC=C[C@H]1CCC[C@@H]1CCCCCCC. The van der Waals surface area contributed by atoms with Crippen LogP contribution in [0.3, 0.4) is 0 Å². The van der Waals surface area contributed by atoms with Crippen molar-refractivity contribution in [2.24, 2.45) is 11.8 Å². The van der Waals surface area contributed by atoms with E-state index >= 15 is 0 Å². The first kappa shape index (κ1) is 19.8. The minimum Gasteiger partial charge on any atom is -0.0882 e. The minimum absolute atomic E-state index is 0.922. The third-order valence-corrected chi connectivity index (χ3v) is 5.50. The van der Waals surface area contributed by atoms with Crippen molar-refractivity contribution in [2.75, 3.05) is 0 Å². The summed E-state index contributed by atoms with van der Waals surface area (Å²) in [6.07, 6.45) is 28.1. The molecule has 0 saturated heterocycles. The number of allylic oxidation sites excluding steroid dienone is 2. The molecule has 0 heterocycles. The Balaban J connectivity index is 2.03. The van der Waals surface area contributed by atoms with Crippen LogP contribution in [0.5, 0.6) is 0 Å². The Morgan fingerprint density at radius 2 is 1.36 bits per heavy atom. The lowest BCUT2D eigenvalue weighted by Crippen LogP contribution is -2.05. The van der Waals surface area contributed by atoms with Gasteiger partial charge in [-0.1, -0.05) is 96.6 Å². The first-order chi connectivity index (χ1) is 10.9. The summed E-state index contributed by atoms with van der Waals surface area (Å²) in [7, 11) is 0. The van der Waals surface area contributed by atoms with Crippen molar-refractivity contribution in [3.05, 3.63) is 12.2 Å². The van der Waals surface area contributed by atoms with Crippen molar-refractivity contribution >= 4 is 0 Å². The number of hydrogen-bond donors (Lipinski definition) is 0. The second kappa shape index (κ2) is 14.3. The fourth-order valence-corrected chi connectivity index (χ4v) is 4.00. The zero-order valence-electron chi connectivity index (χ0n) is 15.6. The minimum atomic E-state index is 0.922. The van der Waals surface area contributed by atoms with E-state index in [1.807, 2.05) is 0 Å². The van der Waals surface area contributed by atoms with Gasteiger partial charge in [-0.3, -0.25) is 0 Å². The number of hydrogen-bond acceptors (Lipinski definition) is 0. The molecule has 0 aromatic rings. The lowest BCUT2D eigenvalue weighted by molar-refractivity contribution is 0.402. The van der Waals surface area contributed by atoms with Crippen LogP contribution in [0.4, 0.5) is 0 Å². The monoisotopic (exact) mass is 306 g/mol. The molecule has 1 rings (SSSR count). The smallest absolute Gasteiger partial charge is 0.0205 e. The van der Waals surface area contributed by atoms with Gasteiger partial charge in [0.05, 0.1) is 0 Å². The summed E-state index contributed by atoms with van der Waals surface area (Å²) in [4.78, 5) is 0. The second-order valence-electron chi connectivity index (χ2n) is 7.54. The molecule has 0 amide bonds. The predicted molar refractivity (Wildman–Crippen MR) is 101 cm³/mol. The summed E-state index contributed by atoms with van der Waals surface area (Å²) in [5, 5.41) is 0. The highest BCUT2D eigenvalue weighted by atomic mass is 14.3. The van der Waals surface area contributed by atoms with Crippen LogP contribution in [0.15, 0.2) is 12.2 Å². The highest BCUT2D eigenvalue weighted by Crippen LogP contribution is 2.36. The lowest BCUT2D eigenvalue weighted by Gasteiger charge is -2.16. The van der Waals surface area contributed by atoms with E-state index in [-0.39, 0.29) is 0 Å². The van der Waals surface area contributed by atoms with Gasteiger partial charge < -0.3 is 0 Å². The van der Waals surface area contributed by atoms with Crippen molar-refractivity contribution in [3.63, 3.8) is 0 Å². The van der Waals surface area contributed by atoms with E-state index in [4.69, 9.17) is 0 Å². The molecule has 0 heteroatoms. The Bertz CT molecular complexity index is 253. The summed E-state index contributed by atoms with van der Waals surface area (Å²) in [5.74, 6) is 1.94. The van der Waals surface area contributed by atoms with Crippen LogP contribution in [-0.2, 0) is 0 Å². The van der Waals surface area contributed by atoms with Crippen molar-refractivity contribution in [2.45, 2.75) is 117 Å². The van der Waals surface area contributed by atoms with Crippen molar-refractivity contribution < 1.29 is 0 Å². The Labute approximate surface area is 141 Å². The molecule has 2 atom stereocenters. The van der Waals surface area contributed by atoms with E-state index in [2.05, 4.69) is 26.0 Å². The zero-order valence-corrected chi connectivity index (χ0v) is 15.6. The highest BCUT2D eigenvalue weighted by molar-refractivity contribution is 4.94. The number of unbranched alkanes of at least 4 members (excludes halogenated alkanes) is 10. The molecule has 0 aliphatic heterocycles. The van der Waals surface area contributed by atoms with Crippen LogP contribution in [0.25, 0.3) is 0 Å². The zero-order chi connectivity index (χ0) is 15.9. The standard InChI is InChI=1S/C22H42/c1-3-5-7-9-10-11-13-15-18-22-20-16-19-21(22)17-14-12-8-6-4-2/h15,18,21-22H,3-14,16-17,19-20H2,1-2H3/t21-,22-/m0/s1. The van der Waals surface area contributed by atoms with Gasteiger partial charge in [-0.15, -0.1) is 0 Å². The average Bonchev–Trinajstić information content (AvgIpc) is 2.97. The van der Waals surface area contributed by atoms with E-state index in [0.29, 0.717) is 0 Å². The highest BCUT2D eigenvalue weighted by Gasteiger charge is 2.24. The Hall–Kier alpha value is -0.260. The van der Waals surface area contributed by atoms with Gasteiger partial charge in [0.1, 0.15) is 0 Å². The van der Waals surface area contributed by atoms with E-state index in [9.17, 15) is 0 Å². The molecular formula is C22H42. The molecule has 0 N–H and O–H groups in total. The van der Waals surface area contributed by atoms with Gasteiger partial charge in [0.2, 0.25) is 0 Å². The van der Waals surface area contributed by atoms with E-state index in [1.54, 1.807) is 0 Å². The molecule has 1 aliphatic rings. The molecule has 1 fully saturated rings. The van der Waals surface area contributed by atoms with Crippen molar-refractivity contribution in [1.29, 1.82) is 0 Å². The van der Waals surface area contributed by atoms with Crippen molar-refractivity contribution in [1.82, 2.24) is 0 Å². The van der Waals surface area contributed by atoms with Crippen LogP contribution in [0.1, 0.15) is 117 Å². The van der Waals surface area contributed by atoms with E-state index in [1.165, 1.54) is 103 Å². The van der Waals surface area contributed by atoms with Gasteiger partial charge in [0.15, 0.2) is 0 Å². The molecule has 0 spiro atoms.